The van der Waals surface area contributed by atoms with E-state index in [-0.39, 0.29) is 11.8 Å². The highest BCUT2D eigenvalue weighted by Gasteiger charge is 2.36. The van der Waals surface area contributed by atoms with Crippen molar-refractivity contribution < 1.29 is 12.9 Å². The van der Waals surface area contributed by atoms with Crippen molar-refractivity contribution in [3.05, 3.63) is 48.2 Å². The number of piperazine rings is 1. The summed E-state index contributed by atoms with van der Waals surface area (Å²) in [6, 6.07) is 6.94. The molecule has 1 aliphatic rings. The molecule has 8 nitrogen and oxygen atoms in total. The summed E-state index contributed by atoms with van der Waals surface area (Å²) in [6.45, 7) is 1.54. The number of benzene rings is 1. The smallest absolute Gasteiger partial charge is 0.220 e. The standard InChI is InChI=1S/C16H19N5O3S/c1-20-8-7-18-16(20)14-10-17-6-9-21(14)25(22,23)11-13-12-4-2-3-5-15(12)24-19-13/h2-5,7-8,14,17H,6,9-11H2,1H3/t14-/m0/s1. The van der Waals surface area contributed by atoms with Gasteiger partial charge in [0.2, 0.25) is 10.0 Å². The fourth-order valence-electron chi connectivity index (χ4n) is 3.23. The molecule has 1 aromatic carbocycles. The predicted molar refractivity (Wildman–Crippen MR) is 92.2 cm³/mol. The number of fused-ring (bicyclic) bond motifs is 1. The second-order valence-electron chi connectivity index (χ2n) is 6.11. The van der Waals surface area contributed by atoms with Gasteiger partial charge in [0, 0.05) is 44.5 Å². The Balaban J connectivity index is 1.67. The van der Waals surface area contributed by atoms with E-state index in [1.807, 2.05) is 36.0 Å². The molecule has 0 aliphatic carbocycles. The van der Waals surface area contributed by atoms with Gasteiger partial charge in [-0.1, -0.05) is 17.3 Å². The number of nitrogens with zero attached hydrogens (tertiary/aromatic N) is 4. The topological polar surface area (TPSA) is 93.3 Å². The summed E-state index contributed by atoms with van der Waals surface area (Å²) in [5.41, 5.74) is 1.03. The third-order valence-electron chi connectivity index (χ3n) is 4.48. The predicted octanol–water partition coefficient (Wildman–Crippen LogP) is 1.04. The van der Waals surface area contributed by atoms with Crippen molar-refractivity contribution in [3.63, 3.8) is 0 Å². The Morgan fingerprint density at radius 3 is 3.00 bits per heavy atom. The van der Waals surface area contributed by atoms with Crippen LogP contribution in [-0.4, -0.2) is 47.1 Å². The van der Waals surface area contributed by atoms with Gasteiger partial charge < -0.3 is 14.4 Å². The minimum atomic E-state index is -3.57. The Labute approximate surface area is 145 Å². The minimum absolute atomic E-state index is 0.190. The van der Waals surface area contributed by atoms with Gasteiger partial charge in [-0.3, -0.25) is 0 Å². The Bertz CT molecular complexity index is 994. The Morgan fingerprint density at radius 2 is 2.20 bits per heavy atom. The zero-order valence-electron chi connectivity index (χ0n) is 13.8. The van der Waals surface area contributed by atoms with Crippen LogP contribution in [0.1, 0.15) is 17.6 Å². The van der Waals surface area contributed by atoms with Crippen LogP contribution in [0.2, 0.25) is 0 Å². The summed E-state index contributed by atoms with van der Waals surface area (Å²) in [5.74, 6) is 0.533. The second kappa shape index (κ2) is 6.25. The van der Waals surface area contributed by atoms with E-state index in [1.54, 1.807) is 12.3 Å². The molecule has 4 rings (SSSR count). The molecule has 25 heavy (non-hydrogen) atoms. The zero-order chi connectivity index (χ0) is 17.4. The number of aryl methyl sites for hydroxylation is 1. The fourth-order valence-corrected chi connectivity index (χ4v) is 4.88. The van der Waals surface area contributed by atoms with Gasteiger partial charge in [0.1, 0.15) is 17.3 Å². The molecule has 1 atom stereocenters. The van der Waals surface area contributed by atoms with Crippen LogP contribution in [0.15, 0.2) is 41.2 Å². The molecule has 1 fully saturated rings. The molecule has 9 heteroatoms. The first-order chi connectivity index (χ1) is 12.1. The van der Waals surface area contributed by atoms with E-state index in [2.05, 4.69) is 15.5 Å². The van der Waals surface area contributed by atoms with Gasteiger partial charge in [-0.25, -0.2) is 13.4 Å². The zero-order valence-corrected chi connectivity index (χ0v) is 14.6. The van der Waals surface area contributed by atoms with Gasteiger partial charge in [-0.05, 0) is 12.1 Å². The van der Waals surface area contributed by atoms with E-state index in [0.717, 1.165) is 11.2 Å². The molecule has 0 unspecified atom stereocenters. The third-order valence-corrected chi connectivity index (χ3v) is 6.27. The minimum Gasteiger partial charge on any atom is -0.356 e. The fraction of sp³-hybridized carbons (Fsp3) is 0.375. The van der Waals surface area contributed by atoms with Crippen LogP contribution in [0.4, 0.5) is 0 Å². The van der Waals surface area contributed by atoms with Crippen LogP contribution in [0.5, 0.6) is 0 Å². The molecule has 3 aromatic rings. The quantitative estimate of drug-likeness (QED) is 0.746. The molecule has 1 N–H and O–H groups in total. The number of rotatable bonds is 4. The third kappa shape index (κ3) is 2.94. The highest BCUT2D eigenvalue weighted by atomic mass is 32.2. The average molecular weight is 361 g/mol. The molecule has 2 aromatic heterocycles. The average Bonchev–Trinajstić information content (AvgIpc) is 3.21. The highest BCUT2D eigenvalue weighted by molar-refractivity contribution is 7.88. The summed E-state index contributed by atoms with van der Waals surface area (Å²) in [4.78, 5) is 4.33. The first kappa shape index (κ1) is 16.2. The Hall–Kier alpha value is -2.23. The lowest BCUT2D eigenvalue weighted by Gasteiger charge is -2.34. The largest absolute Gasteiger partial charge is 0.356 e. The number of hydrogen-bond acceptors (Lipinski definition) is 6. The van der Waals surface area contributed by atoms with Crippen molar-refractivity contribution in [3.8, 4) is 0 Å². The van der Waals surface area contributed by atoms with Crippen LogP contribution >= 0.6 is 0 Å². The first-order valence-corrected chi connectivity index (χ1v) is 9.68. The molecule has 0 bridgehead atoms. The molecule has 1 saturated heterocycles. The SMILES string of the molecule is Cn1ccnc1[C@@H]1CNCCN1S(=O)(=O)Cc1noc2ccccc12. The number of sulfonamides is 1. The lowest BCUT2D eigenvalue weighted by Crippen LogP contribution is -2.49. The van der Waals surface area contributed by atoms with Crippen LogP contribution < -0.4 is 5.32 Å². The number of hydrogen-bond donors (Lipinski definition) is 1. The van der Waals surface area contributed by atoms with Crippen molar-refractivity contribution >= 4 is 21.0 Å². The van der Waals surface area contributed by atoms with Gasteiger partial charge in [0.05, 0.1) is 6.04 Å². The number of imidazole rings is 1. The van der Waals surface area contributed by atoms with Crippen LogP contribution in [-0.2, 0) is 22.8 Å². The van der Waals surface area contributed by atoms with E-state index in [0.29, 0.717) is 30.9 Å². The summed E-state index contributed by atoms with van der Waals surface area (Å²) in [6.07, 6.45) is 3.50. The molecular formula is C16H19N5O3S. The van der Waals surface area contributed by atoms with E-state index >= 15 is 0 Å². The van der Waals surface area contributed by atoms with Crippen molar-refractivity contribution in [2.45, 2.75) is 11.8 Å². The maximum absolute atomic E-state index is 13.1. The number of aromatic nitrogens is 3. The van der Waals surface area contributed by atoms with Crippen molar-refractivity contribution in [2.24, 2.45) is 7.05 Å². The summed E-state index contributed by atoms with van der Waals surface area (Å²) >= 11 is 0. The van der Waals surface area contributed by atoms with Gasteiger partial charge in [0.25, 0.3) is 0 Å². The lowest BCUT2D eigenvalue weighted by molar-refractivity contribution is 0.258. The Morgan fingerprint density at radius 1 is 1.36 bits per heavy atom. The maximum Gasteiger partial charge on any atom is 0.220 e. The van der Waals surface area contributed by atoms with E-state index in [9.17, 15) is 8.42 Å². The van der Waals surface area contributed by atoms with Crippen LogP contribution in [0, 0.1) is 0 Å². The van der Waals surface area contributed by atoms with Crippen molar-refractivity contribution in [1.82, 2.24) is 24.3 Å². The van der Waals surface area contributed by atoms with Crippen molar-refractivity contribution in [1.29, 1.82) is 0 Å². The molecular weight excluding hydrogens is 342 g/mol. The molecule has 0 spiro atoms. The molecule has 1 aliphatic heterocycles. The summed E-state index contributed by atoms with van der Waals surface area (Å²) in [7, 11) is -1.70. The maximum atomic E-state index is 13.1. The van der Waals surface area contributed by atoms with E-state index < -0.39 is 10.0 Å². The molecule has 3 heterocycles. The van der Waals surface area contributed by atoms with E-state index in [4.69, 9.17) is 4.52 Å². The lowest BCUT2D eigenvalue weighted by atomic mass is 10.2. The second-order valence-corrected chi connectivity index (χ2v) is 8.03. The molecule has 132 valence electrons. The summed E-state index contributed by atoms with van der Waals surface area (Å²) < 4.78 is 34.8. The summed E-state index contributed by atoms with van der Waals surface area (Å²) in [5, 5.41) is 7.94. The molecule has 0 saturated carbocycles. The number of para-hydroxylation sites is 1. The molecule has 0 radical (unpaired) electrons. The van der Waals surface area contributed by atoms with Crippen molar-refractivity contribution in [2.75, 3.05) is 19.6 Å². The first-order valence-electron chi connectivity index (χ1n) is 8.07. The number of nitrogens with one attached hydrogen (secondary N) is 1. The normalized spacial score (nSPS) is 19.5. The monoisotopic (exact) mass is 361 g/mol. The van der Waals surface area contributed by atoms with Gasteiger partial charge in [-0.2, -0.15) is 4.31 Å². The van der Waals surface area contributed by atoms with Gasteiger partial charge in [0.15, 0.2) is 5.58 Å². The van der Waals surface area contributed by atoms with Crippen LogP contribution in [0.3, 0.4) is 0 Å². The van der Waals surface area contributed by atoms with Gasteiger partial charge in [-0.15, -0.1) is 0 Å². The van der Waals surface area contributed by atoms with Crippen LogP contribution in [0.25, 0.3) is 11.0 Å². The molecule has 0 amide bonds. The Kier molecular flexibility index (Phi) is 4.06. The van der Waals surface area contributed by atoms with Gasteiger partial charge >= 0.3 is 0 Å². The highest BCUT2D eigenvalue weighted by Crippen LogP contribution is 2.27. The van der Waals surface area contributed by atoms with E-state index in [1.165, 1.54) is 4.31 Å².